The Balaban J connectivity index is 1.15. The third-order valence-electron chi connectivity index (χ3n) is 10.1. The number of nitrogens with zero attached hydrogens (tertiary/aromatic N) is 1. The number of aromatic nitrogens is 1. The third kappa shape index (κ3) is 5.00. The fourth-order valence-corrected chi connectivity index (χ4v) is 11.7. The molecule has 8 rings (SSSR count). The highest BCUT2D eigenvalue weighted by molar-refractivity contribution is 9.10. The zero-order valence-corrected chi connectivity index (χ0v) is 28.8. The van der Waals surface area contributed by atoms with Crippen molar-refractivity contribution in [1.82, 2.24) is 4.98 Å². The van der Waals surface area contributed by atoms with Gasteiger partial charge in [0.25, 0.3) is 0 Å². The number of thiazole rings is 1. The molecule has 4 aromatic rings. The molecule has 0 radical (unpaired) electrons. The van der Waals surface area contributed by atoms with E-state index in [9.17, 15) is 19.2 Å². The van der Waals surface area contributed by atoms with Crippen LogP contribution in [0.4, 0.5) is 5.69 Å². The van der Waals surface area contributed by atoms with Gasteiger partial charge in [-0.05, 0) is 86.1 Å². The highest BCUT2D eigenvalue weighted by atomic mass is 79.9. The molecule has 2 bridgehead atoms. The van der Waals surface area contributed by atoms with Crippen LogP contribution in [0.1, 0.15) is 51.2 Å². The molecule has 2 amide bonds. The molecular weight excluding hydrogens is 700 g/mol. The molecule has 3 heterocycles. The van der Waals surface area contributed by atoms with Crippen LogP contribution in [0.2, 0.25) is 0 Å². The lowest BCUT2D eigenvalue weighted by Crippen LogP contribution is -2.42. The van der Waals surface area contributed by atoms with Crippen LogP contribution in [0.15, 0.2) is 81.0 Å². The molecule has 8 nitrogen and oxygen atoms in total. The molecule has 4 aliphatic rings. The van der Waals surface area contributed by atoms with Gasteiger partial charge in [-0.3, -0.25) is 19.3 Å². The highest BCUT2D eigenvalue weighted by Gasteiger charge is 2.69. The molecule has 1 N–H and O–H groups in total. The molecule has 47 heavy (non-hydrogen) atoms. The van der Waals surface area contributed by atoms with Crippen molar-refractivity contribution in [3.8, 4) is 5.75 Å². The normalized spacial score (nSPS) is 27.0. The lowest BCUT2D eigenvalue weighted by atomic mass is 9.68. The van der Waals surface area contributed by atoms with E-state index in [4.69, 9.17) is 9.47 Å². The second kappa shape index (κ2) is 11.8. The maximum Gasteiger partial charge on any atom is 0.338 e. The molecule has 11 heteroatoms. The summed E-state index contributed by atoms with van der Waals surface area (Å²) in [6, 6.07) is 20.8. The minimum atomic E-state index is -0.444. The first kappa shape index (κ1) is 30.7. The van der Waals surface area contributed by atoms with E-state index in [2.05, 4.69) is 46.0 Å². The monoisotopic (exact) mass is 730 g/mol. The third-order valence-corrected chi connectivity index (χ3v) is 13.2. The average molecular weight is 732 g/mol. The molecule has 7 atom stereocenters. The Bertz CT molecular complexity index is 1990. The van der Waals surface area contributed by atoms with Crippen molar-refractivity contribution in [2.75, 3.05) is 11.5 Å². The summed E-state index contributed by atoms with van der Waals surface area (Å²) in [6.07, 6.45) is 0.786. The van der Waals surface area contributed by atoms with Crippen molar-refractivity contribution in [3.63, 3.8) is 0 Å². The number of esters is 1. The van der Waals surface area contributed by atoms with Crippen molar-refractivity contribution in [1.29, 1.82) is 0 Å². The van der Waals surface area contributed by atoms with E-state index >= 15 is 0 Å². The van der Waals surface area contributed by atoms with Crippen LogP contribution in [-0.4, -0.2) is 34.6 Å². The fourth-order valence-electron chi connectivity index (χ4n) is 8.44. The number of ether oxygens (including phenoxy) is 2. The lowest BCUT2D eigenvalue weighted by Gasteiger charge is -2.43. The maximum atomic E-state index is 14.2. The second-order valence-corrected chi connectivity index (χ2v) is 15.8. The average Bonchev–Trinajstić information content (AvgIpc) is 3.79. The summed E-state index contributed by atoms with van der Waals surface area (Å²) in [5.41, 5.74) is 4.04. The van der Waals surface area contributed by atoms with E-state index in [0.717, 1.165) is 43.2 Å². The van der Waals surface area contributed by atoms with Gasteiger partial charge >= 0.3 is 10.8 Å². The molecule has 2 aliphatic heterocycles. The summed E-state index contributed by atoms with van der Waals surface area (Å²) in [7, 11) is 0. The second-order valence-electron chi connectivity index (χ2n) is 12.7. The first-order valence-corrected chi connectivity index (χ1v) is 18.2. The van der Waals surface area contributed by atoms with Gasteiger partial charge < -0.3 is 14.5 Å². The molecule has 2 saturated carbocycles. The van der Waals surface area contributed by atoms with Gasteiger partial charge in [0.1, 0.15) is 12.4 Å². The lowest BCUT2D eigenvalue weighted by molar-refractivity contribution is -0.123. The number of carbonyl (C=O) groups is 3. The number of H-pyrrole nitrogens is 1. The zero-order chi connectivity index (χ0) is 32.6. The van der Waals surface area contributed by atoms with Crippen LogP contribution in [0, 0.1) is 36.5 Å². The molecule has 3 fully saturated rings. The Hall–Kier alpha value is -3.67. The molecule has 0 spiro atoms. The number of benzene rings is 3. The van der Waals surface area contributed by atoms with Crippen molar-refractivity contribution in [3.05, 3.63) is 108 Å². The molecule has 1 aromatic heterocycles. The van der Waals surface area contributed by atoms with E-state index in [1.54, 1.807) is 43.0 Å². The minimum absolute atomic E-state index is 0.0110. The molecule has 2 aliphatic carbocycles. The molecular formula is C36H31BrN2O6S2. The van der Waals surface area contributed by atoms with Gasteiger partial charge in [-0.2, -0.15) is 0 Å². The molecule has 1 saturated heterocycles. The number of fused-ring (bicyclic) bond motifs is 9. The van der Waals surface area contributed by atoms with E-state index in [0.29, 0.717) is 17.9 Å². The Kier molecular flexibility index (Phi) is 7.69. The number of halogens is 1. The number of hydrogen-bond acceptors (Lipinski definition) is 8. The van der Waals surface area contributed by atoms with Crippen LogP contribution in [-0.2, 0) is 20.9 Å². The van der Waals surface area contributed by atoms with Gasteiger partial charge in [-0.15, -0.1) is 11.8 Å². The highest BCUT2D eigenvalue weighted by Crippen LogP contribution is 2.69. The Labute approximate surface area is 288 Å². The number of amides is 2. The summed E-state index contributed by atoms with van der Waals surface area (Å²) in [6.45, 7) is 4.46. The number of nitrogens with one attached hydrogen (secondary N) is 1. The molecule has 240 valence electrons. The van der Waals surface area contributed by atoms with Gasteiger partial charge in [0, 0.05) is 26.1 Å². The van der Waals surface area contributed by atoms with E-state index in [-0.39, 0.29) is 52.2 Å². The van der Waals surface area contributed by atoms with Crippen LogP contribution in [0.5, 0.6) is 5.75 Å². The predicted molar refractivity (Wildman–Crippen MR) is 183 cm³/mol. The predicted octanol–water partition coefficient (Wildman–Crippen LogP) is 6.94. The Morgan fingerprint density at radius 3 is 2.51 bits per heavy atom. The number of hydrogen-bond donors (Lipinski definition) is 1. The summed E-state index contributed by atoms with van der Waals surface area (Å²) in [4.78, 5) is 58.5. The first-order chi connectivity index (χ1) is 22.7. The number of thioether (sulfide) groups is 1. The standard InChI is InChI=1S/C36H31BrN2O6S2/c1-3-44-35(42)19-7-10-21(11-8-19)39-33(40)28-23-15-24(29(28)34(39)41)30-27(23)26(31-32(46-30)38-36(43)47-31)22-14-20(37)9-12-25(22)45-16-18-6-4-5-17(2)13-18/h4-14,23-24,26-30H,3,15-16H2,1-2H3,(H,38,43)/t23-,24-,26?,27?,28?,29?,30?/m1/s1. The van der Waals surface area contributed by atoms with Crippen molar-refractivity contribution < 1.29 is 23.9 Å². The number of aryl methyl sites for hydroxylation is 1. The van der Waals surface area contributed by atoms with Crippen molar-refractivity contribution in [2.45, 2.75) is 43.1 Å². The van der Waals surface area contributed by atoms with E-state index in [1.165, 1.54) is 16.2 Å². The summed E-state index contributed by atoms with van der Waals surface area (Å²) in [5.74, 6) is -1.12. The molecule has 3 aromatic carbocycles. The van der Waals surface area contributed by atoms with Crippen LogP contribution in [0.25, 0.3) is 0 Å². The van der Waals surface area contributed by atoms with Gasteiger partial charge in [-0.25, -0.2) is 4.79 Å². The number of carbonyl (C=O) groups excluding carboxylic acids is 3. The number of aromatic amines is 1. The smallest absolute Gasteiger partial charge is 0.338 e. The Morgan fingerprint density at radius 2 is 1.77 bits per heavy atom. The van der Waals surface area contributed by atoms with E-state index in [1.807, 2.05) is 24.3 Å². The zero-order valence-electron chi connectivity index (χ0n) is 25.6. The maximum absolute atomic E-state index is 14.2. The van der Waals surface area contributed by atoms with Crippen LogP contribution >= 0.6 is 39.0 Å². The summed E-state index contributed by atoms with van der Waals surface area (Å²) < 4.78 is 12.5. The van der Waals surface area contributed by atoms with Gasteiger partial charge in [-0.1, -0.05) is 57.1 Å². The molecule has 5 unspecified atom stereocenters. The largest absolute Gasteiger partial charge is 0.489 e. The minimum Gasteiger partial charge on any atom is -0.489 e. The van der Waals surface area contributed by atoms with Crippen molar-refractivity contribution in [2.24, 2.45) is 29.6 Å². The Morgan fingerprint density at radius 1 is 1.00 bits per heavy atom. The number of imide groups is 1. The van der Waals surface area contributed by atoms with Gasteiger partial charge in [0.15, 0.2) is 0 Å². The topological polar surface area (TPSA) is 106 Å². The van der Waals surface area contributed by atoms with Gasteiger partial charge in [0.2, 0.25) is 11.8 Å². The van der Waals surface area contributed by atoms with Gasteiger partial charge in [0.05, 0.1) is 34.7 Å². The van der Waals surface area contributed by atoms with E-state index < -0.39 is 17.8 Å². The number of rotatable bonds is 7. The quantitative estimate of drug-likeness (QED) is 0.162. The fraction of sp³-hybridized carbons (Fsp3) is 0.333. The SMILES string of the molecule is CCOC(=O)c1ccc(N2C(=O)C3C(C2=O)[C@@H]2C[C@H]3C3Sc4[nH]c(=O)sc4C(c4cc(Br)ccc4OCc4cccc(C)c4)C32)cc1. The summed E-state index contributed by atoms with van der Waals surface area (Å²) in [5, 5.41) is 0.902. The van der Waals surface area contributed by atoms with Crippen LogP contribution < -0.4 is 14.5 Å². The first-order valence-electron chi connectivity index (χ1n) is 15.8. The number of anilines is 1. The van der Waals surface area contributed by atoms with Crippen molar-refractivity contribution >= 4 is 62.5 Å². The van der Waals surface area contributed by atoms with Crippen LogP contribution in [0.3, 0.4) is 0 Å². The summed E-state index contributed by atoms with van der Waals surface area (Å²) >= 11 is 6.57.